The molecule has 1 amide bonds. The van der Waals surface area contributed by atoms with Crippen molar-refractivity contribution in [3.8, 4) is 0 Å². The van der Waals surface area contributed by atoms with Crippen LogP contribution in [0.2, 0.25) is 0 Å². The molecule has 0 saturated heterocycles. The average Bonchev–Trinajstić information content (AvgIpc) is 2.83. The largest absolute Gasteiger partial charge is 0.495 e. The van der Waals surface area contributed by atoms with Gasteiger partial charge in [0.1, 0.15) is 23.5 Å². The fourth-order valence-corrected chi connectivity index (χ4v) is 2.08. The van der Waals surface area contributed by atoms with Gasteiger partial charge in [0.05, 0.1) is 12.9 Å². The van der Waals surface area contributed by atoms with E-state index >= 15 is 0 Å². The predicted molar refractivity (Wildman–Crippen MR) is 74.6 cm³/mol. The molecular formula is C14H20N2O5. The van der Waals surface area contributed by atoms with E-state index in [2.05, 4.69) is 5.10 Å². The van der Waals surface area contributed by atoms with Gasteiger partial charge in [0, 0.05) is 6.42 Å². The summed E-state index contributed by atoms with van der Waals surface area (Å²) >= 11 is 0. The molecule has 2 aliphatic rings. The molecule has 0 bridgehead atoms. The minimum Gasteiger partial charge on any atom is -0.495 e. The second kappa shape index (κ2) is 5.75. The average molecular weight is 296 g/mol. The molecule has 21 heavy (non-hydrogen) atoms. The second-order valence-electron chi connectivity index (χ2n) is 5.79. The van der Waals surface area contributed by atoms with Crippen LogP contribution < -0.4 is 0 Å². The van der Waals surface area contributed by atoms with Gasteiger partial charge in [-0.1, -0.05) is 0 Å². The van der Waals surface area contributed by atoms with Crippen LogP contribution in [0.3, 0.4) is 0 Å². The quantitative estimate of drug-likeness (QED) is 0.726. The number of carbonyl (C=O) groups excluding carboxylic acids is 2. The number of hydrazone groups is 1. The minimum atomic E-state index is -0.646. The van der Waals surface area contributed by atoms with Crippen LogP contribution in [0.15, 0.2) is 17.4 Å². The molecule has 0 unspecified atom stereocenters. The Bertz CT molecular complexity index is 492. The van der Waals surface area contributed by atoms with E-state index in [1.165, 1.54) is 6.26 Å². The lowest BCUT2D eigenvalue weighted by Gasteiger charge is -2.33. The van der Waals surface area contributed by atoms with Crippen molar-refractivity contribution in [2.24, 2.45) is 5.10 Å². The summed E-state index contributed by atoms with van der Waals surface area (Å²) < 4.78 is 15.7. The van der Waals surface area contributed by atoms with Gasteiger partial charge < -0.3 is 14.2 Å². The zero-order valence-corrected chi connectivity index (χ0v) is 12.7. The summed E-state index contributed by atoms with van der Waals surface area (Å²) in [6.07, 6.45) is 2.58. The Morgan fingerprint density at radius 3 is 2.81 bits per heavy atom. The highest BCUT2D eigenvalue weighted by Crippen LogP contribution is 2.27. The first-order valence-corrected chi connectivity index (χ1v) is 6.91. The van der Waals surface area contributed by atoms with Crippen LogP contribution in [0, 0.1) is 0 Å². The van der Waals surface area contributed by atoms with Gasteiger partial charge in [0.15, 0.2) is 0 Å². The van der Waals surface area contributed by atoms with E-state index in [9.17, 15) is 9.59 Å². The highest BCUT2D eigenvalue weighted by atomic mass is 16.6. The van der Waals surface area contributed by atoms with Crippen molar-refractivity contribution in [2.45, 2.75) is 51.9 Å². The zero-order valence-electron chi connectivity index (χ0n) is 12.7. The summed E-state index contributed by atoms with van der Waals surface area (Å²) in [5, 5.41) is 5.24. The van der Waals surface area contributed by atoms with E-state index in [-0.39, 0.29) is 24.5 Å². The maximum absolute atomic E-state index is 12.2. The number of ether oxygens (including phenoxy) is 3. The Hall–Kier alpha value is -2.05. The van der Waals surface area contributed by atoms with Crippen LogP contribution >= 0.6 is 0 Å². The minimum absolute atomic E-state index is 0.160. The number of rotatable bonds is 2. The first-order valence-electron chi connectivity index (χ1n) is 6.91. The molecule has 7 heteroatoms. The Morgan fingerprint density at radius 2 is 2.19 bits per heavy atom. The van der Waals surface area contributed by atoms with Crippen molar-refractivity contribution in [2.75, 3.05) is 6.61 Å². The summed E-state index contributed by atoms with van der Waals surface area (Å²) in [7, 11) is 0. The SMILES string of the molecule is CCOC(=O)C1=NN(C(=O)OC(C)(C)C)[C@@H]2C=CO[C@@H]2C1. The third-order valence-corrected chi connectivity index (χ3v) is 2.91. The van der Waals surface area contributed by atoms with Crippen LogP contribution in [0.5, 0.6) is 0 Å². The molecule has 0 aromatic rings. The lowest BCUT2D eigenvalue weighted by Crippen LogP contribution is -2.49. The van der Waals surface area contributed by atoms with Crippen LogP contribution in [-0.2, 0) is 19.0 Å². The molecule has 2 heterocycles. The number of nitrogens with zero attached hydrogens (tertiary/aromatic N) is 2. The summed E-state index contributed by atoms with van der Waals surface area (Å²) in [6.45, 7) is 7.26. The van der Waals surface area contributed by atoms with E-state index in [1.54, 1.807) is 33.8 Å². The molecule has 0 N–H and O–H groups in total. The van der Waals surface area contributed by atoms with E-state index in [0.717, 1.165) is 5.01 Å². The first kappa shape index (κ1) is 15.3. The molecule has 0 spiro atoms. The van der Waals surface area contributed by atoms with Gasteiger partial charge in [-0.15, -0.1) is 0 Å². The smallest absolute Gasteiger partial charge is 0.431 e. The molecule has 2 aliphatic heterocycles. The molecule has 0 saturated carbocycles. The Balaban J connectivity index is 2.21. The predicted octanol–water partition coefficient (Wildman–Crippen LogP) is 1.83. The molecule has 2 atom stereocenters. The van der Waals surface area contributed by atoms with Gasteiger partial charge >= 0.3 is 12.1 Å². The van der Waals surface area contributed by atoms with Crippen LogP contribution in [0.4, 0.5) is 4.79 Å². The maximum atomic E-state index is 12.2. The summed E-state index contributed by atoms with van der Waals surface area (Å²) in [5.74, 6) is -0.542. The van der Waals surface area contributed by atoms with Crippen molar-refractivity contribution >= 4 is 17.8 Å². The molecule has 0 fully saturated rings. The van der Waals surface area contributed by atoms with Crippen molar-refractivity contribution in [1.82, 2.24) is 5.01 Å². The van der Waals surface area contributed by atoms with Crippen molar-refractivity contribution in [1.29, 1.82) is 0 Å². The molecule has 0 aliphatic carbocycles. The molecule has 0 aromatic heterocycles. The molecule has 116 valence electrons. The fourth-order valence-electron chi connectivity index (χ4n) is 2.08. The Kier molecular flexibility index (Phi) is 4.20. The molecular weight excluding hydrogens is 276 g/mol. The standard InChI is InChI=1S/C14H20N2O5/c1-5-19-12(17)9-8-11-10(6-7-20-11)16(15-9)13(18)21-14(2,3)4/h6-7,10-11H,5,8H2,1-4H3/t10-,11-/m1/s1. The summed E-state index contributed by atoms with van der Waals surface area (Å²) in [4.78, 5) is 24.1. The van der Waals surface area contributed by atoms with Crippen LogP contribution in [0.1, 0.15) is 34.1 Å². The van der Waals surface area contributed by atoms with Gasteiger partial charge in [0.2, 0.25) is 0 Å². The maximum Gasteiger partial charge on any atom is 0.431 e. The number of amides is 1. The molecule has 0 aromatic carbocycles. The third-order valence-electron chi connectivity index (χ3n) is 2.91. The van der Waals surface area contributed by atoms with E-state index < -0.39 is 17.7 Å². The van der Waals surface area contributed by atoms with E-state index in [1.807, 2.05) is 0 Å². The third kappa shape index (κ3) is 3.53. The van der Waals surface area contributed by atoms with Gasteiger partial charge in [-0.3, -0.25) is 0 Å². The number of hydrogen-bond donors (Lipinski definition) is 0. The number of esters is 1. The Morgan fingerprint density at radius 1 is 1.48 bits per heavy atom. The summed E-state index contributed by atoms with van der Waals surface area (Å²) in [6, 6.07) is -0.363. The number of hydrogen-bond acceptors (Lipinski definition) is 6. The highest BCUT2D eigenvalue weighted by Gasteiger charge is 2.41. The van der Waals surface area contributed by atoms with Crippen molar-refractivity contribution in [3.63, 3.8) is 0 Å². The zero-order chi connectivity index (χ0) is 15.6. The van der Waals surface area contributed by atoms with Crippen LogP contribution in [0.25, 0.3) is 0 Å². The normalized spacial score (nSPS) is 24.0. The fraction of sp³-hybridized carbons (Fsp3) is 0.643. The Labute approximate surface area is 123 Å². The molecule has 2 rings (SSSR count). The highest BCUT2D eigenvalue weighted by molar-refractivity contribution is 6.36. The van der Waals surface area contributed by atoms with Crippen molar-refractivity contribution in [3.05, 3.63) is 12.3 Å². The van der Waals surface area contributed by atoms with Gasteiger partial charge in [-0.25, -0.2) is 9.59 Å². The monoisotopic (exact) mass is 296 g/mol. The number of carbonyl (C=O) groups is 2. The first-order chi connectivity index (χ1) is 9.81. The summed E-state index contributed by atoms with van der Waals surface area (Å²) in [5.41, 5.74) is -0.486. The van der Waals surface area contributed by atoms with E-state index in [0.29, 0.717) is 6.42 Å². The van der Waals surface area contributed by atoms with E-state index in [4.69, 9.17) is 14.2 Å². The lowest BCUT2D eigenvalue weighted by molar-refractivity contribution is -0.135. The van der Waals surface area contributed by atoms with Gasteiger partial charge in [0.25, 0.3) is 0 Å². The van der Waals surface area contributed by atoms with Crippen molar-refractivity contribution < 1.29 is 23.8 Å². The topological polar surface area (TPSA) is 77.4 Å². The number of fused-ring (bicyclic) bond motifs is 1. The molecule has 0 radical (unpaired) electrons. The van der Waals surface area contributed by atoms with Crippen LogP contribution in [-0.4, -0.2) is 47.1 Å². The second-order valence-corrected chi connectivity index (χ2v) is 5.79. The van der Waals surface area contributed by atoms with Gasteiger partial charge in [-0.05, 0) is 33.8 Å². The lowest BCUT2D eigenvalue weighted by atomic mass is 10.0. The van der Waals surface area contributed by atoms with Gasteiger partial charge in [-0.2, -0.15) is 10.1 Å². The molecule has 7 nitrogen and oxygen atoms in total.